The minimum Gasteiger partial charge on any atom is -0.480 e. The Morgan fingerprint density at radius 3 is 1.95 bits per heavy atom. The number of hydrogen-bond donors (Lipinski definition) is 2. The second-order valence-corrected chi connectivity index (χ2v) is 16.0. The van der Waals surface area contributed by atoms with Gasteiger partial charge in [0, 0.05) is 11.5 Å². The second-order valence-electron chi connectivity index (χ2n) is 10.6. The van der Waals surface area contributed by atoms with E-state index in [4.69, 9.17) is 9.47 Å². The maximum Gasteiger partial charge on any atom is 0.407 e. The van der Waals surface area contributed by atoms with E-state index >= 15 is 0 Å². The van der Waals surface area contributed by atoms with Gasteiger partial charge in [-0.25, -0.2) is 9.59 Å². The molecule has 0 spiro atoms. The highest BCUT2D eigenvalue weighted by Gasteiger charge is 2.32. The first kappa shape index (κ1) is 27.1. The molecule has 3 aromatic rings. The standard InChI is InChI=1S/C30H33NO6Si/c1-38(2,3)27(20-11-5-4-6-12-20)19-36-28(32)17-26(29(33)34)31-30(35)37-18-25-23-15-9-7-13-21(23)22-14-8-10-16-24(22)25/h4-16,25-27H,17-19H2,1-3H3,(H,31,35)(H,33,34)/t26-,27?/m0/s1. The van der Waals surface area contributed by atoms with Crippen LogP contribution in [0.1, 0.15) is 34.6 Å². The van der Waals surface area contributed by atoms with Crippen LogP contribution >= 0.6 is 0 Å². The topological polar surface area (TPSA) is 102 Å². The maximum atomic E-state index is 12.6. The van der Waals surface area contributed by atoms with Gasteiger partial charge in [-0.15, -0.1) is 0 Å². The average Bonchev–Trinajstić information content (AvgIpc) is 3.20. The lowest BCUT2D eigenvalue weighted by atomic mass is 9.98. The van der Waals surface area contributed by atoms with Crippen molar-refractivity contribution in [1.29, 1.82) is 0 Å². The molecule has 3 aromatic carbocycles. The Morgan fingerprint density at radius 2 is 1.39 bits per heavy atom. The van der Waals surface area contributed by atoms with Crippen LogP contribution in [0.3, 0.4) is 0 Å². The Balaban J connectivity index is 1.34. The molecule has 0 aliphatic heterocycles. The van der Waals surface area contributed by atoms with E-state index in [1.807, 2.05) is 78.9 Å². The Labute approximate surface area is 223 Å². The number of carboxylic acid groups (broad SMARTS) is 1. The number of hydrogen-bond acceptors (Lipinski definition) is 5. The zero-order chi connectivity index (χ0) is 27.3. The molecular formula is C30H33NO6Si. The molecule has 0 saturated carbocycles. The number of carbonyl (C=O) groups excluding carboxylic acids is 2. The maximum absolute atomic E-state index is 12.6. The van der Waals surface area contributed by atoms with Crippen molar-refractivity contribution < 1.29 is 29.0 Å². The molecule has 1 amide bonds. The van der Waals surface area contributed by atoms with E-state index in [9.17, 15) is 19.5 Å². The van der Waals surface area contributed by atoms with E-state index in [1.54, 1.807) is 0 Å². The van der Waals surface area contributed by atoms with Gasteiger partial charge < -0.3 is 19.9 Å². The van der Waals surface area contributed by atoms with Gasteiger partial charge in [0.1, 0.15) is 12.6 Å². The Kier molecular flexibility index (Phi) is 8.31. The summed E-state index contributed by atoms with van der Waals surface area (Å²) in [6, 6.07) is 24.3. The quantitative estimate of drug-likeness (QED) is 0.262. The molecule has 2 N–H and O–H groups in total. The molecule has 1 aliphatic rings. The summed E-state index contributed by atoms with van der Waals surface area (Å²) in [5.74, 6) is -2.17. The van der Waals surface area contributed by atoms with Gasteiger partial charge in [-0.2, -0.15) is 0 Å². The lowest BCUT2D eigenvalue weighted by Crippen LogP contribution is -2.43. The third kappa shape index (κ3) is 6.31. The summed E-state index contributed by atoms with van der Waals surface area (Å²) >= 11 is 0. The van der Waals surface area contributed by atoms with Crippen LogP contribution in [0.4, 0.5) is 4.79 Å². The number of amides is 1. The van der Waals surface area contributed by atoms with Crippen LogP contribution in [0.2, 0.25) is 19.6 Å². The fourth-order valence-corrected chi connectivity index (χ4v) is 6.69. The van der Waals surface area contributed by atoms with E-state index in [0.29, 0.717) is 0 Å². The van der Waals surface area contributed by atoms with Crippen molar-refractivity contribution in [1.82, 2.24) is 5.32 Å². The summed E-state index contributed by atoms with van der Waals surface area (Å²) < 4.78 is 10.9. The monoisotopic (exact) mass is 531 g/mol. The van der Waals surface area contributed by atoms with E-state index in [1.165, 1.54) is 0 Å². The molecule has 0 radical (unpaired) electrons. The summed E-state index contributed by atoms with van der Waals surface area (Å²) in [5.41, 5.74) is 5.44. The first-order chi connectivity index (χ1) is 18.1. The molecule has 0 aromatic heterocycles. The molecule has 1 aliphatic carbocycles. The van der Waals surface area contributed by atoms with Crippen LogP contribution in [0.25, 0.3) is 11.1 Å². The highest BCUT2D eigenvalue weighted by molar-refractivity contribution is 6.77. The summed E-state index contributed by atoms with van der Waals surface area (Å²) in [6.07, 6.45) is -1.39. The predicted molar refractivity (Wildman–Crippen MR) is 148 cm³/mol. The number of fused-ring (bicyclic) bond motifs is 3. The number of rotatable bonds is 10. The van der Waals surface area contributed by atoms with Crippen LogP contribution in [0, 0.1) is 0 Å². The normalized spacial score (nSPS) is 14.1. The summed E-state index contributed by atoms with van der Waals surface area (Å²) in [4.78, 5) is 36.9. The number of aliphatic carboxylic acids is 1. The summed E-state index contributed by atoms with van der Waals surface area (Å²) in [7, 11) is -1.74. The predicted octanol–water partition coefficient (Wildman–Crippen LogP) is 5.57. The van der Waals surface area contributed by atoms with Crippen LogP contribution in [-0.4, -0.2) is 50.5 Å². The van der Waals surface area contributed by atoms with Gasteiger partial charge in [-0.3, -0.25) is 4.79 Å². The van der Waals surface area contributed by atoms with E-state index in [2.05, 4.69) is 25.0 Å². The van der Waals surface area contributed by atoms with Crippen molar-refractivity contribution in [2.75, 3.05) is 13.2 Å². The highest BCUT2D eigenvalue weighted by atomic mass is 28.3. The first-order valence-corrected chi connectivity index (χ1v) is 16.3. The van der Waals surface area contributed by atoms with Crippen molar-refractivity contribution in [2.45, 2.75) is 43.6 Å². The largest absolute Gasteiger partial charge is 0.480 e. The van der Waals surface area contributed by atoms with Gasteiger partial charge >= 0.3 is 18.0 Å². The van der Waals surface area contributed by atoms with Crippen molar-refractivity contribution in [3.05, 3.63) is 95.6 Å². The fraction of sp³-hybridized carbons (Fsp3) is 0.300. The third-order valence-corrected chi connectivity index (χ3v) is 9.55. The Hall–Kier alpha value is -3.91. The van der Waals surface area contributed by atoms with Gasteiger partial charge in [0.2, 0.25) is 0 Å². The van der Waals surface area contributed by atoms with Crippen LogP contribution in [0.15, 0.2) is 78.9 Å². The van der Waals surface area contributed by atoms with Crippen molar-refractivity contribution in [3.63, 3.8) is 0 Å². The molecule has 2 atom stereocenters. The minimum atomic E-state index is -1.74. The average molecular weight is 532 g/mol. The van der Waals surface area contributed by atoms with E-state index < -0.39 is 38.6 Å². The molecule has 1 unspecified atom stereocenters. The van der Waals surface area contributed by atoms with Gasteiger partial charge in [0.25, 0.3) is 0 Å². The summed E-state index contributed by atoms with van der Waals surface area (Å²) in [5, 5.41) is 11.9. The molecule has 0 bridgehead atoms. The lowest BCUT2D eigenvalue weighted by molar-refractivity contribution is -0.149. The number of benzene rings is 3. The molecule has 8 heteroatoms. The number of ether oxygens (including phenoxy) is 2. The Bertz CT molecular complexity index is 1260. The van der Waals surface area contributed by atoms with Crippen LogP contribution in [0.5, 0.6) is 0 Å². The lowest BCUT2D eigenvalue weighted by Gasteiger charge is -2.29. The zero-order valence-electron chi connectivity index (χ0n) is 21.8. The van der Waals surface area contributed by atoms with Crippen molar-refractivity contribution in [3.8, 4) is 11.1 Å². The number of carbonyl (C=O) groups is 3. The minimum absolute atomic E-state index is 0.0472. The molecule has 38 heavy (non-hydrogen) atoms. The number of nitrogens with one attached hydrogen (secondary N) is 1. The van der Waals surface area contributed by atoms with Crippen LogP contribution < -0.4 is 5.32 Å². The van der Waals surface area contributed by atoms with Crippen LogP contribution in [-0.2, 0) is 19.1 Å². The summed E-state index contributed by atoms with van der Waals surface area (Å²) in [6.45, 7) is 6.78. The number of carboxylic acids is 1. The van der Waals surface area contributed by atoms with E-state index in [0.717, 1.165) is 27.8 Å². The highest BCUT2D eigenvalue weighted by Crippen LogP contribution is 2.44. The van der Waals surface area contributed by atoms with Crippen molar-refractivity contribution in [2.24, 2.45) is 0 Å². The van der Waals surface area contributed by atoms with Gasteiger partial charge in [-0.1, -0.05) is 98.5 Å². The molecule has 4 rings (SSSR count). The second kappa shape index (κ2) is 11.6. The molecule has 0 fully saturated rings. The van der Waals surface area contributed by atoms with Gasteiger partial charge in [0.05, 0.1) is 21.1 Å². The van der Waals surface area contributed by atoms with E-state index in [-0.39, 0.29) is 24.7 Å². The molecule has 0 heterocycles. The number of alkyl carbamates (subject to hydrolysis) is 1. The molecule has 7 nitrogen and oxygen atoms in total. The third-order valence-electron chi connectivity index (χ3n) is 6.96. The fourth-order valence-electron chi connectivity index (χ4n) is 4.92. The van der Waals surface area contributed by atoms with Gasteiger partial charge in [-0.05, 0) is 27.8 Å². The Morgan fingerprint density at radius 1 is 0.842 bits per heavy atom. The van der Waals surface area contributed by atoms with Crippen molar-refractivity contribution >= 4 is 26.1 Å². The molecule has 198 valence electrons. The number of esters is 1. The van der Waals surface area contributed by atoms with Gasteiger partial charge in [0.15, 0.2) is 0 Å². The smallest absolute Gasteiger partial charge is 0.407 e. The SMILES string of the molecule is C[Si](C)(C)C(COC(=O)C[C@H](NC(=O)OCC1c2ccccc2-c2ccccc21)C(=O)O)c1ccccc1. The molecular weight excluding hydrogens is 498 g/mol. The first-order valence-electron chi connectivity index (χ1n) is 12.7. The zero-order valence-corrected chi connectivity index (χ0v) is 22.8. The molecule has 0 saturated heterocycles.